The van der Waals surface area contributed by atoms with Gasteiger partial charge in [0.15, 0.2) is 5.78 Å². The summed E-state index contributed by atoms with van der Waals surface area (Å²) in [5.74, 6) is 0.444. The van der Waals surface area contributed by atoms with Crippen LogP contribution < -0.4 is 0 Å². The maximum absolute atomic E-state index is 12.0. The molecule has 2 fully saturated rings. The third-order valence-corrected chi connectivity index (χ3v) is 4.09. The molecule has 14 heavy (non-hydrogen) atoms. The Morgan fingerprint density at radius 3 is 3.00 bits per heavy atom. The van der Waals surface area contributed by atoms with Gasteiger partial charge in [-0.05, 0) is 30.7 Å². The molecular weight excluding hydrogens is 196 g/mol. The zero-order chi connectivity index (χ0) is 9.54. The second-order valence-corrected chi connectivity index (χ2v) is 5.01. The number of fused-ring (bicyclic) bond motifs is 2. The number of ketones is 1. The van der Waals surface area contributed by atoms with Crippen LogP contribution in [0.4, 0.5) is 0 Å². The molecule has 3 atom stereocenters. The molecule has 0 radical (unpaired) electrons. The molecule has 1 aromatic heterocycles. The molecule has 0 spiro atoms. The monoisotopic (exact) mass is 208 g/mol. The highest BCUT2D eigenvalue weighted by atomic mass is 32.1. The van der Waals surface area contributed by atoms with E-state index in [4.69, 9.17) is 4.74 Å². The second kappa shape index (κ2) is 3.17. The van der Waals surface area contributed by atoms with Crippen molar-refractivity contribution in [3.05, 3.63) is 22.4 Å². The smallest absolute Gasteiger partial charge is 0.178 e. The van der Waals surface area contributed by atoms with Crippen LogP contribution in [0.25, 0.3) is 0 Å². The minimum atomic E-state index is 0.146. The van der Waals surface area contributed by atoms with E-state index >= 15 is 0 Å². The lowest BCUT2D eigenvalue weighted by Gasteiger charge is -2.15. The van der Waals surface area contributed by atoms with Crippen molar-refractivity contribution >= 4 is 17.1 Å². The number of ether oxygens (including phenoxy) is 1. The molecule has 2 aliphatic heterocycles. The van der Waals surface area contributed by atoms with E-state index in [2.05, 4.69) is 0 Å². The highest BCUT2D eigenvalue weighted by Crippen LogP contribution is 2.40. The largest absolute Gasteiger partial charge is 0.374 e. The van der Waals surface area contributed by atoms with Gasteiger partial charge in [0.25, 0.3) is 0 Å². The van der Waals surface area contributed by atoms with Crippen molar-refractivity contribution in [3.8, 4) is 0 Å². The fourth-order valence-corrected chi connectivity index (χ4v) is 3.24. The lowest BCUT2D eigenvalue weighted by atomic mass is 9.86. The molecule has 3 heteroatoms. The summed E-state index contributed by atoms with van der Waals surface area (Å²) in [5.41, 5.74) is 0. The number of hydrogen-bond acceptors (Lipinski definition) is 3. The first-order chi connectivity index (χ1) is 6.84. The Morgan fingerprint density at radius 1 is 1.50 bits per heavy atom. The van der Waals surface area contributed by atoms with Gasteiger partial charge in [0, 0.05) is 0 Å². The summed E-state index contributed by atoms with van der Waals surface area (Å²) in [5, 5.41) is 1.96. The quantitative estimate of drug-likeness (QED) is 0.698. The van der Waals surface area contributed by atoms with Crippen molar-refractivity contribution in [2.75, 3.05) is 0 Å². The Hall–Kier alpha value is -0.670. The summed E-state index contributed by atoms with van der Waals surface area (Å²) in [4.78, 5) is 12.9. The molecule has 0 N–H and O–H groups in total. The van der Waals surface area contributed by atoms with Crippen LogP contribution in [0.2, 0.25) is 0 Å². The fraction of sp³-hybridized carbons (Fsp3) is 0.545. The van der Waals surface area contributed by atoms with Crippen molar-refractivity contribution in [2.45, 2.75) is 31.5 Å². The molecule has 0 amide bonds. The molecule has 2 bridgehead atoms. The molecule has 74 valence electrons. The van der Waals surface area contributed by atoms with Gasteiger partial charge in [0.1, 0.15) is 0 Å². The van der Waals surface area contributed by atoms with Crippen LogP contribution in [0, 0.1) is 5.92 Å². The van der Waals surface area contributed by atoms with E-state index in [0.29, 0.717) is 11.9 Å². The predicted molar refractivity (Wildman–Crippen MR) is 54.7 cm³/mol. The number of thiophene rings is 1. The normalized spacial score (nSPS) is 35.0. The summed E-state index contributed by atoms with van der Waals surface area (Å²) >= 11 is 1.54. The minimum Gasteiger partial charge on any atom is -0.374 e. The minimum absolute atomic E-state index is 0.146. The van der Waals surface area contributed by atoms with E-state index in [1.165, 1.54) is 0 Å². The Kier molecular flexibility index (Phi) is 1.96. The van der Waals surface area contributed by atoms with Crippen molar-refractivity contribution in [2.24, 2.45) is 5.92 Å². The summed E-state index contributed by atoms with van der Waals surface area (Å²) in [6.45, 7) is 0. The highest BCUT2D eigenvalue weighted by molar-refractivity contribution is 7.12. The van der Waals surface area contributed by atoms with E-state index in [9.17, 15) is 4.79 Å². The molecule has 0 saturated carbocycles. The molecule has 0 aromatic carbocycles. The van der Waals surface area contributed by atoms with Crippen LogP contribution in [0.3, 0.4) is 0 Å². The summed E-state index contributed by atoms with van der Waals surface area (Å²) in [6.07, 6.45) is 3.76. The van der Waals surface area contributed by atoms with E-state index in [1.54, 1.807) is 11.3 Å². The van der Waals surface area contributed by atoms with Gasteiger partial charge >= 0.3 is 0 Å². The van der Waals surface area contributed by atoms with Crippen LogP contribution in [-0.4, -0.2) is 18.0 Å². The lowest BCUT2D eigenvalue weighted by Crippen LogP contribution is -2.24. The van der Waals surface area contributed by atoms with Crippen LogP contribution >= 0.6 is 11.3 Å². The predicted octanol–water partition coefficient (Wildman–Crippen LogP) is 2.50. The Labute approximate surface area is 86.9 Å². The molecule has 3 unspecified atom stereocenters. The van der Waals surface area contributed by atoms with Gasteiger partial charge in [-0.15, -0.1) is 11.3 Å². The average molecular weight is 208 g/mol. The summed E-state index contributed by atoms with van der Waals surface area (Å²) in [6, 6.07) is 3.85. The van der Waals surface area contributed by atoms with Gasteiger partial charge in [0.05, 0.1) is 23.0 Å². The molecule has 2 nitrogen and oxygen atoms in total. The standard InChI is InChI=1S/C11H12O2S/c12-11(10-2-1-5-14-10)8-6-7-3-4-9(8)13-7/h1-2,5,7-9H,3-4,6H2. The maximum Gasteiger partial charge on any atom is 0.178 e. The Bertz CT molecular complexity index is 344. The molecule has 2 saturated heterocycles. The zero-order valence-corrected chi connectivity index (χ0v) is 8.63. The summed E-state index contributed by atoms with van der Waals surface area (Å²) < 4.78 is 5.69. The number of carbonyl (C=O) groups is 1. The maximum atomic E-state index is 12.0. The highest BCUT2D eigenvalue weighted by Gasteiger charge is 2.44. The van der Waals surface area contributed by atoms with Gasteiger partial charge in [-0.2, -0.15) is 0 Å². The molecule has 2 aliphatic rings. The zero-order valence-electron chi connectivity index (χ0n) is 7.81. The van der Waals surface area contributed by atoms with Gasteiger partial charge in [-0.1, -0.05) is 6.07 Å². The first-order valence-corrected chi connectivity index (χ1v) is 5.96. The second-order valence-electron chi connectivity index (χ2n) is 4.06. The molecule has 0 aliphatic carbocycles. The Morgan fingerprint density at radius 2 is 2.43 bits per heavy atom. The fourth-order valence-electron chi connectivity index (χ4n) is 2.52. The van der Waals surface area contributed by atoms with Crippen molar-refractivity contribution < 1.29 is 9.53 Å². The number of hydrogen-bond donors (Lipinski definition) is 0. The van der Waals surface area contributed by atoms with E-state index in [0.717, 1.165) is 24.1 Å². The molecule has 3 rings (SSSR count). The van der Waals surface area contributed by atoms with E-state index in [1.807, 2.05) is 17.5 Å². The van der Waals surface area contributed by atoms with Crippen LogP contribution in [0.5, 0.6) is 0 Å². The molecule has 1 aromatic rings. The topological polar surface area (TPSA) is 26.3 Å². The van der Waals surface area contributed by atoms with E-state index < -0.39 is 0 Å². The van der Waals surface area contributed by atoms with Gasteiger partial charge < -0.3 is 4.74 Å². The van der Waals surface area contributed by atoms with Crippen molar-refractivity contribution in [1.29, 1.82) is 0 Å². The van der Waals surface area contributed by atoms with Crippen LogP contribution in [0.1, 0.15) is 28.9 Å². The average Bonchev–Trinajstić information content (AvgIpc) is 2.93. The number of Topliss-reactive ketones (excluding diaryl/α,β-unsaturated/α-hetero) is 1. The number of rotatable bonds is 2. The van der Waals surface area contributed by atoms with Crippen molar-refractivity contribution in [3.63, 3.8) is 0 Å². The van der Waals surface area contributed by atoms with Gasteiger partial charge in [-0.3, -0.25) is 4.79 Å². The lowest BCUT2D eigenvalue weighted by molar-refractivity contribution is 0.0746. The van der Waals surface area contributed by atoms with Gasteiger partial charge in [0.2, 0.25) is 0 Å². The third-order valence-electron chi connectivity index (χ3n) is 3.21. The number of carbonyl (C=O) groups excluding carboxylic acids is 1. The summed E-state index contributed by atoms with van der Waals surface area (Å²) in [7, 11) is 0. The first-order valence-electron chi connectivity index (χ1n) is 5.08. The van der Waals surface area contributed by atoms with E-state index in [-0.39, 0.29) is 12.0 Å². The third kappa shape index (κ3) is 1.23. The van der Waals surface area contributed by atoms with Gasteiger partial charge in [-0.25, -0.2) is 0 Å². The SMILES string of the molecule is O=C(c1cccs1)C1CC2CCC1O2. The van der Waals surface area contributed by atoms with Crippen LogP contribution in [-0.2, 0) is 4.74 Å². The van der Waals surface area contributed by atoms with Crippen molar-refractivity contribution in [1.82, 2.24) is 0 Å². The Balaban J connectivity index is 1.81. The molecular formula is C11H12O2S. The first kappa shape index (κ1) is 8.62. The van der Waals surface area contributed by atoms with Crippen LogP contribution in [0.15, 0.2) is 17.5 Å². The molecule has 3 heterocycles.